The number of anilines is 1. The molecule has 0 N–H and O–H groups in total. The number of unbranched alkanes of at least 4 members (excludes halogenated alkanes) is 3. The van der Waals surface area contributed by atoms with Gasteiger partial charge in [0.25, 0.3) is 0 Å². The zero-order chi connectivity index (χ0) is 20.8. The van der Waals surface area contributed by atoms with Gasteiger partial charge in [-0.3, -0.25) is 0 Å². The number of hydrogen-bond donors (Lipinski definition) is 0. The van der Waals surface area contributed by atoms with Crippen molar-refractivity contribution >= 4 is 30.2 Å². The average Bonchev–Trinajstić information content (AvgIpc) is 2.72. The van der Waals surface area contributed by atoms with Crippen molar-refractivity contribution in [2.45, 2.75) is 79.5 Å². The van der Waals surface area contributed by atoms with Gasteiger partial charge in [-0.2, -0.15) is 0 Å². The van der Waals surface area contributed by atoms with Crippen LogP contribution in [0, 0.1) is 0 Å². The summed E-state index contributed by atoms with van der Waals surface area (Å²) >= 11 is -2.58. The Morgan fingerprint density at radius 2 is 1.43 bits per heavy atom. The first kappa shape index (κ1) is 25.1. The molecule has 0 aromatic heterocycles. The molecule has 4 heteroatoms. The molecule has 1 aromatic rings. The van der Waals surface area contributed by atoms with Gasteiger partial charge in [0.15, 0.2) is 0 Å². The summed E-state index contributed by atoms with van der Waals surface area (Å²) in [5.74, 6) is 0. The number of amides is 1. The van der Waals surface area contributed by atoms with Gasteiger partial charge >= 0.3 is 178 Å². The van der Waals surface area contributed by atoms with Crippen LogP contribution < -0.4 is 4.90 Å². The molecule has 0 bridgehead atoms. The molecule has 0 spiro atoms. The van der Waals surface area contributed by atoms with Crippen LogP contribution in [0.4, 0.5) is 10.5 Å². The second-order valence-electron chi connectivity index (χ2n) is 7.82. The van der Waals surface area contributed by atoms with Crippen LogP contribution in [0.25, 0.3) is 0 Å². The monoisotopic (exact) mass is 495 g/mol. The van der Waals surface area contributed by atoms with Crippen molar-refractivity contribution in [3.63, 3.8) is 0 Å². The van der Waals surface area contributed by atoms with E-state index in [1.165, 1.54) is 55.4 Å². The number of para-hydroxylation sites is 1. The van der Waals surface area contributed by atoms with Gasteiger partial charge in [-0.25, -0.2) is 0 Å². The minimum absolute atomic E-state index is 0.253. The Labute approximate surface area is 177 Å². The molecule has 0 aliphatic rings. The minimum atomic E-state index is -2.58. The number of benzene rings is 1. The zero-order valence-electron chi connectivity index (χ0n) is 18.6. The first-order valence-corrected chi connectivity index (χ1v) is 18.7. The summed E-state index contributed by atoms with van der Waals surface area (Å²) in [5, 5.41) is 0. The van der Waals surface area contributed by atoms with Crippen molar-refractivity contribution in [1.82, 2.24) is 0 Å². The zero-order valence-corrected chi connectivity index (χ0v) is 21.5. The topological polar surface area (TPSA) is 29.5 Å². The second kappa shape index (κ2) is 14.1. The van der Waals surface area contributed by atoms with Crippen molar-refractivity contribution < 1.29 is 9.53 Å². The molecule has 0 aliphatic heterocycles. The molecular formula is C24H41NO2Sn. The van der Waals surface area contributed by atoms with Crippen molar-refractivity contribution in [3.8, 4) is 0 Å². The number of rotatable bonds is 14. The molecule has 28 heavy (non-hydrogen) atoms. The van der Waals surface area contributed by atoms with Gasteiger partial charge in [0.1, 0.15) is 0 Å². The van der Waals surface area contributed by atoms with Crippen LogP contribution in [0.2, 0.25) is 13.3 Å². The van der Waals surface area contributed by atoms with Crippen molar-refractivity contribution in [2.24, 2.45) is 0 Å². The summed E-state index contributed by atoms with van der Waals surface area (Å²) in [6, 6.07) is 9.92. The Balaban J connectivity index is 3.15. The van der Waals surface area contributed by atoms with Crippen LogP contribution in [0.3, 0.4) is 0 Å². The van der Waals surface area contributed by atoms with Gasteiger partial charge in [0.2, 0.25) is 0 Å². The molecule has 158 valence electrons. The van der Waals surface area contributed by atoms with Gasteiger partial charge < -0.3 is 0 Å². The molecule has 0 unspecified atom stereocenters. The maximum atomic E-state index is 12.7. The summed E-state index contributed by atoms with van der Waals surface area (Å²) in [4.78, 5) is 14.5. The molecule has 0 radical (unpaired) electrons. The molecule has 0 fully saturated rings. The molecule has 0 saturated carbocycles. The van der Waals surface area contributed by atoms with Crippen LogP contribution in [-0.4, -0.2) is 37.6 Å². The van der Waals surface area contributed by atoms with E-state index < -0.39 is 18.4 Å². The van der Waals surface area contributed by atoms with E-state index in [0.29, 0.717) is 13.2 Å². The van der Waals surface area contributed by atoms with Crippen molar-refractivity contribution in [2.75, 3.05) is 18.1 Å². The molecule has 3 nitrogen and oxygen atoms in total. The third-order valence-corrected chi connectivity index (χ3v) is 21.6. The predicted octanol–water partition coefficient (Wildman–Crippen LogP) is 7.59. The maximum absolute atomic E-state index is 12.7. The summed E-state index contributed by atoms with van der Waals surface area (Å²) in [5.41, 5.74) is 0.906. The van der Waals surface area contributed by atoms with E-state index in [2.05, 4.69) is 27.4 Å². The quantitative estimate of drug-likeness (QED) is 0.250. The van der Waals surface area contributed by atoms with Gasteiger partial charge in [0, 0.05) is 0 Å². The van der Waals surface area contributed by atoms with E-state index in [4.69, 9.17) is 4.74 Å². The molecule has 1 rings (SSSR count). The molecule has 1 amide bonds. The summed E-state index contributed by atoms with van der Waals surface area (Å²) in [6.45, 7) is 14.4. The fourth-order valence-corrected chi connectivity index (χ4v) is 19.3. The van der Waals surface area contributed by atoms with Crippen LogP contribution >= 0.6 is 0 Å². The Kier molecular flexibility index (Phi) is 12.6. The standard InChI is InChI=1S/C12H14NO2.3C4H9.Sn/c1-3-10-13(12(14)15-4-2)11-8-6-5-7-9-11;3*1-3-4-2;/h5-9H,1,4,10H2,2H3;3*1,3-4H2,2H3;. The fraction of sp³-hybridized carbons (Fsp3) is 0.625. The first-order chi connectivity index (χ1) is 13.5. The molecule has 0 atom stereocenters. The van der Waals surface area contributed by atoms with Crippen LogP contribution in [0.1, 0.15) is 66.2 Å². The predicted molar refractivity (Wildman–Crippen MR) is 125 cm³/mol. The summed E-state index contributed by atoms with van der Waals surface area (Å²) in [6.07, 6.45) is 7.37. The number of nitrogens with zero attached hydrogens (tertiary/aromatic N) is 1. The van der Waals surface area contributed by atoms with E-state index in [0.717, 1.165) is 5.69 Å². The third-order valence-electron chi connectivity index (χ3n) is 5.68. The third kappa shape index (κ3) is 7.81. The Morgan fingerprint density at radius 1 is 0.929 bits per heavy atom. The average molecular weight is 494 g/mol. The number of carbonyl (C=O) groups is 1. The van der Waals surface area contributed by atoms with E-state index in [1.54, 1.807) is 4.90 Å². The van der Waals surface area contributed by atoms with Gasteiger partial charge in [0.05, 0.1) is 0 Å². The van der Waals surface area contributed by atoms with Crippen molar-refractivity contribution in [1.29, 1.82) is 0 Å². The number of ether oxygens (including phenoxy) is 1. The van der Waals surface area contributed by atoms with Crippen molar-refractivity contribution in [3.05, 3.63) is 40.5 Å². The summed E-state index contributed by atoms with van der Waals surface area (Å²) in [7, 11) is 0. The van der Waals surface area contributed by atoms with E-state index in [9.17, 15) is 4.79 Å². The van der Waals surface area contributed by atoms with E-state index in [-0.39, 0.29) is 6.09 Å². The molecule has 0 heterocycles. The van der Waals surface area contributed by atoms with E-state index in [1.807, 2.05) is 37.3 Å². The Morgan fingerprint density at radius 3 is 1.86 bits per heavy atom. The summed E-state index contributed by atoms with van der Waals surface area (Å²) < 4.78 is 10.9. The molecule has 1 aromatic carbocycles. The van der Waals surface area contributed by atoms with E-state index >= 15 is 0 Å². The Bertz CT molecular complexity index is 551. The van der Waals surface area contributed by atoms with Gasteiger partial charge in [-0.1, -0.05) is 0 Å². The van der Waals surface area contributed by atoms with Crippen LogP contribution in [0.5, 0.6) is 0 Å². The Hall–Kier alpha value is -0.971. The normalized spacial score (nSPS) is 11.3. The number of carbonyl (C=O) groups excluding carboxylic acids is 1. The van der Waals surface area contributed by atoms with Crippen LogP contribution in [0.15, 0.2) is 40.5 Å². The fourth-order valence-electron chi connectivity index (χ4n) is 3.88. The second-order valence-corrected chi connectivity index (χ2v) is 21.4. The van der Waals surface area contributed by atoms with Gasteiger partial charge in [-0.15, -0.1) is 0 Å². The van der Waals surface area contributed by atoms with Crippen LogP contribution in [-0.2, 0) is 4.74 Å². The molecule has 0 aliphatic carbocycles. The molecule has 0 saturated heterocycles. The molecular weight excluding hydrogens is 453 g/mol. The number of hydrogen-bond acceptors (Lipinski definition) is 2. The first-order valence-electron chi connectivity index (χ1n) is 11.2. The SMILES string of the molecule is C=[C](CN(C(=O)OCC)c1ccccc1)[Sn]([CH2]CCC)([CH2]CCC)[CH2]CCC. The van der Waals surface area contributed by atoms with Gasteiger partial charge in [-0.05, 0) is 0 Å².